The molecule has 12 heteroatoms. The maximum atomic E-state index is 12.9. The number of hydrogen-bond donors (Lipinski definition) is 2. The molecule has 1 rings (SSSR count). The van der Waals surface area contributed by atoms with Gasteiger partial charge in [0.1, 0.15) is 12.2 Å². The SMILES string of the molecule is CCCCCCCCCCCCCC(=O)O[C@@H]1[C@H](OC(=O)CCCCCCCCCCCCC)[C@@H](OC)O[C@H](CO)[C@H]1OS(=O)(=O)O. The molecule has 0 aliphatic carbocycles. The number of unbranched alkanes of at least 4 members (excludes halogenated alkanes) is 20. The fourth-order valence-electron chi connectivity index (χ4n) is 6.02. The smallest absolute Gasteiger partial charge is 0.397 e. The lowest BCUT2D eigenvalue weighted by atomic mass is 9.98. The van der Waals surface area contributed by atoms with Crippen molar-refractivity contribution in [3.8, 4) is 0 Å². The summed E-state index contributed by atoms with van der Waals surface area (Å²) in [5.41, 5.74) is 0. The molecule has 1 aliphatic rings. The van der Waals surface area contributed by atoms with Gasteiger partial charge in [-0.25, -0.2) is 4.18 Å². The molecule has 47 heavy (non-hydrogen) atoms. The highest BCUT2D eigenvalue weighted by Crippen LogP contribution is 2.30. The van der Waals surface area contributed by atoms with Crippen LogP contribution in [-0.2, 0) is 43.1 Å². The van der Waals surface area contributed by atoms with Crippen LogP contribution in [0.3, 0.4) is 0 Å². The molecule has 2 N–H and O–H groups in total. The van der Waals surface area contributed by atoms with E-state index in [-0.39, 0.29) is 12.8 Å². The first-order chi connectivity index (χ1) is 22.7. The molecule has 11 nitrogen and oxygen atoms in total. The summed E-state index contributed by atoms with van der Waals surface area (Å²) < 4.78 is 59.9. The number of carbonyl (C=O) groups excluding carboxylic acids is 2. The number of rotatable bonds is 30. The number of aliphatic hydroxyl groups excluding tert-OH is 1. The van der Waals surface area contributed by atoms with Crippen LogP contribution in [0, 0.1) is 0 Å². The van der Waals surface area contributed by atoms with Crippen LogP contribution in [0.5, 0.6) is 0 Å². The van der Waals surface area contributed by atoms with Gasteiger partial charge in [-0.15, -0.1) is 0 Å². The van der Waals surface area contributed by atoms with Gasteiger partial charge in [-0.1, -0.05) is 142 Å². The summed E-state index contributed by atoms with van der Waals surface area (Å²) in [7, 11) is -3.76. The third kappa shape index (κ3) is 21.4. The van der Waals surface area contributed by atoms with Crippen molar-refractivity contribution in [1.29, 1.82) is 0 Å². The predicted molar refractivity (Wildman–Crippen MR) is 181 cm³/mol. The Morgan fingerprint density at radius 2 is 0.957 bits per heavy atom. The fraction of sp³-hybridized carbons (Fsp3) is 0.943. The first-order valence-corrected chi connectivity index (χ1v) is 19.9. The molecule has 0 spiro atoms. The van der Waals surface area contributed by atoms with Crippen LogP contribution >= 0.6 is 0 Å². The molecule has 1 aliphatic heterocycles. The summed E-state index contributed by atoms with van der Waals surface area (Å²) in [5.74, 6) is -1.23. The second-order valence-corrected chi connectivity index (χ2v) is 14.0. The second-order valence-electron chi connectivity index (χ2n) is 12.9. The Kier molecular flexibility index (Phi) is 25.6. The topological polar surface area (TPSA) is 155 Å². The van der Waals surface area contributed by atoms with E-state index in [2.05, 4.69) is 13.8 Å². The molecular formula is C35H66O11S. The van der Waals surface area contributed by atoms with Gasteiger partial charge in [0.15, 0.2) is 18.5 Å². The maximum absolute atomic E-state index is 12.9. The van der Waals surface area contributed by atoms with Crippen molar-refractivity contribution in [3.63, 3.8) is 0 Å². The Balaban J connectivity index is 2.64. The molecule has 0 unspecified atom stereocenters. The Morgan fingerprint density at radius 1 is 0.596 bits per heavy atom. The van der Waals surface area contributed by atoms with Crippen LogP contribution in [-0.4, -0.2) is 74.4 Å². The van der Waals surface area contributed by atoms with Crippen LogP contribution in [0.2, 0.25) is 0 Å². The van der Waals surface area contributed by atoms with Crippen LogP contribution in [0.15, 0.2) is 0 Å². The highest BCUT2D eigenvalue weighted by Gasteiger charge is 2.52. The number of methoxy groups -OCH3 is 1. The molecule has 0 aromatic heterocycles. The van der Waals surface area contributed by atoms with Crippen molar-refractivity contribution < 1.29 is 50.8 Å². The van der Waals surface area contributed by atoms with E-state index in [4.69, 9.17) is 23.1 Å². The molecular weight excluding hydrogens is 628 g/mol. The summed E-state index contributed by atoms with van der Waals surface area (Å²) in [6.45, 7) is 3.69. The van der Waals surface area contributed by atoms with Gasteiger partial charge in [0.25, 0.3) is 0 Å². The molecule has 1 saturated heterocycles. The van der Waals surface area contributed by atoms with Gasteiger partial charge in [-0.05, 0) is 12.8 Å². The van der Waals surface area contributed by atoms with Crippen LogP contribution in [0.1, 0.15) is 168 Å². The van der Waals surface area contributed by atoms with E-state index >= 15 is 0 Å². The molecule has 1 heterocycles. The average molecular weight is 695 g/mol. The largest absolute Gasteiger partial charge is 0.455 e. The molecule has 0 bridgehead atoms. The van der Waals surface area contributed by atoms with E-state index < -0.39 is 59.7 Å². The number of esters is 2. The van der Waals surface area contributed by atoms with E-state index in [9.17, 15) is 27.7 Å². The van der Waals surface area contributed by atoms with Crippen molar-refractivity contribution in [2.45, 2.75) is 199 Å². The zero-order valence-corrected chi connectivity index (χ0v) is 30.4. The molecule has 0 amide bonds. The molecule has 278 valence electrons. The van der Waals surface area contributed by atoms with Crippen molar-refractivity contribution >= 4 is 22.3 Å². The zero-order valence-electron chi connectivity index (χ0n) is 29.5. The van der Waals surface area contributed by atoms with Gasteiger partial charge in [0.2, 0.25) is 0 Å². The molecule has 0 radical (unpaired) electrons. The summed E-state index contributed by atoms with van der Waals surface area (Å²) in [6.07, 6.45) is 17.7. The normalized spacial score (nSPS) is 21.5. The summed E-state index contributed by atoms with van der Waals surface area (Å²) in [4.78, 5) is 25.8. The fourth-order valence-corrected chi connectivity index (χ4v) is 6.53. The van der Waals surface area contributed by atoms with Gasteiger partial charge in [-0.2, -0.15) is 8.42 Å². The molecule has 0 aromatic rings. The van der Waals surface area contributed by atoms with Gasteiger partial charge < -0.3 is 24.1 Å². The standard InChI is InChI=1S/C35H66O11S/c1-4-6-8-10-12-14-16-18-20-22-24-26-30(37)44-33-32(46-47(39,40)41)29(28-36)43-35(42-3)34(33)45-31(38)27-25-23-21-19-17-15-13-11-9-7-5-2/h29,32-36H,4-28H2,1-3H3,(H,39,40,41)/t29-,32-,33+,34+,35+/m1/s1. The lowest BCUT2D eigenvalue weighted by Crippen LogP contribution is -2.62. The molecule has 1 fully saturated rings. The monoisotopic (exact) mass is 694 g/mol. The predicted octanol–water partition coefficient (Wildman–Crippen LogP) is 7.76. The van der Waals surface area contributed by atoms with Gasteiger partial charge in [0, 0.05) is 20.0 Å². The summed E-state index contributed by atoms with van der Waals surface area (Å²) >= 11 is 0. The summed E-state index contributed by atoms with van der Waals surface area (Å²) in [5, 5.41) is 9.89. The maximum Gasteiger partial charge on any atom is 0.397 e. The van der Waals surface area contributed by atoms with E-state index in [1.54, 1.807) is 0 Å². The van der Waals surface area contributed by atoms with Gasteiger partial charge >= 0.3 is 22.3 Å². The van der Waals surface area contributed by atoms with E-state index in [0.29, 0.717) is 12.8 Å². The van der Waals surface area contributed by atoms with E-state index in [0.717, 1.165) is 38.5 Å². The number of aliphatic hydroxyl groups is 1. The van der Waals surface area contributed by atoms with Gasteiger partial charge in [-0.3, -0.25) is 14.1 Å². The Bertz CT molecular complexity index is 898. The minimum Gasteiger partial charge on any atom is -0.455 e. The lowest BCUT2D eigenvalue weighted by molar-refractivity contribution is -0.296. The van der Waals surface area contributed by atoms with Crippen LogP contribution in [0.25, 0.3) is 0 Å². The zero-order chi connectivity index (χ0) is 34.8. The Morgan fingerprint density at radius 3 is 1.30 bits per heavy atom. The third-order valence-corrected chi connectivity index (χ3v) is 9.21. The molecule has 5 atom stereocenters. The van der Waals surface area contributed by atoms with Crippen LogP contribution in [0.4, 0.5) is 0 Å². The van der Waals surface area contributed by atoms with E-state index in [1.807, 2.05) is 0 Å². The minimum atomic E-state index is -5.05. The Hall–Kier alpha value is -1.31. The molecule has 0 saturated carbocycles. The summed E-state index contributed by atoms with van der Waals surface area (Å²) in [6, 6.07) is 0. The second kappa shape index (κ2) is 27.5. The van der Waals surface area contributed by atoms with Crippen molar-refractivity contribution in [1.82, 2.24) is 0 Å². The first kappa shape index (κ1) is 43.7. The highest BCUT2D eigenvalue weighted by molar-refractivity contribution is 7.80. The quantitative estimate of drug-likeness (QED) is 0.0430. The van der Waals surface area contributed by atoms with Crippen molar-refractivity contribution in [3.05, 3.63) is 0 Å². The number of hydrogen-bond acceptors (Lipinski definition) is 10. The third-order valence-electron chi connectivity index (χ3n) is 8.74. The lowest BCUT2D eigenvalue weighted by Gasteiger charge is -2.43. The van der Waals surface area contributed by atoms with Crippen molar-refractivity contribution in [2.24, 2.45) is 0 Å². The number of carbonyl (C=O) groups is 2. The van der Waals surface area contributed by atoms with Gasteiger partial charge in [0.05, 0.1) is 6.61 Å². The highest BCUT2D eigenvalue weighted by atomic mass is 32.3. The first-order valence-electron chi connectivity index (χ1n) is 18.5. The van der Waals surface area contributed by atoms with Crippen molar-refractivity contribution in [2.75, 3.05) is 13.7 Å². The molecule has 0 aromatic carbocycles. The Labute approximate surface area is 285 Å². The minimum absolute atomic E-state index is 0.0633. The average Bonchev–Trinajstić information content (AvgIpc) is 3.03. The van der Waals surface area contributed by atoms with E-state index in [1.165, 1.54) is 97.0 Å². The number of ether oxygens (including phenoxy) is 4. The van der Waals surface area contributed by atoms with Crippen LogP contribution < -0.4 is 0 Å².